The van der Waals surface area contributed by atoms with Crippen molar-refractivity contribution in [3.05, 3.63) is 6.20 Å². The maximum Gasteiger partial charge on any atom is 0.239 e. The minimum Gasteiger partial charge on any atom is -0.358 e. The number of nitrogens with zero attached hydrogens (tertiary/aromatic N) is 4. The van der Waals surface area contributed by atoms with E-state index < -0.39 is 0 Å². The van der Waals surface area contributed by atoms with Crippen LogP contribution in [-0.4, -0.2) is 53.3 Å². The number of likely N-dealkylation sites (N-methyl/N-ethyl adjacent to an activating group) is 2. The Morgan fingerprint density at radius 1 is 1.47 bits per heavy atom. The summed E-state index contributed by atoms with van der Waals surface area (Å²) in [4.78, 5) is 21.9. The quantitative estimate of drug-likeness (QED) is 0.700. The average Bonchev–Trinajstić information content (AvgIpc) is 2.86. The van der Waals surface area contributed by atoms with E-state index in [0.29, 0.717) is 17.4 Å². The molecule has 0 aromatic carbocycles. The standard InChI is InChI=1S/C11H17N7O/c1-4-13-11-15-9-7(5-14-17-9)10(16-11)18(3)6-8(19)12-2/h5H,4,6H2,1-3H3,(H,12,19)(H2,13,14,15,16,17). The molecule has 0 bridgehead atoms. The highest BCUT2D eigenvalue weighted by molar-refractivity contribution is 5.90. The third-order valence-electron chi connectivity index (χ3n) is 2.65. The number of fused-ring (bicyclic) bond motifs is 1. The number of H-pyrrole nitrogens is 1. The molecule has 3 N–H and O–H groups in total. The molecule has 8 nitrogen and oxygen atoms in total. The molecule has 19 heavy (non-hydrogen) atoms. The van der Waals surface area contributed by atoms with Crippen LogP contribution in [0, 0.1) is 0 Å². The molecule has 2 aromatic heterocycles. The molecule has 0 saturated carbocycles. The Bertz CT molecular complexity index is 579. The summed E-state index contributed by atoms with van der Waals surface area (Å²) in [6.45, 7) is 2.91. The molecule has 0 unspecified atom stereocenters. The molecular formula is C11H17N7O. The van der Waals surface area contributed by atoms with Gasteiger partial charge in [0.1, 0.15) is 5.82 Å². The number of hydrogen-bond acceptors (Lipinski definition) is 6. The molecule has 8 heteroatoms. The van der Waals surface area contributed by atoms with Gasteiger partial charge >= 0.3 is 0 Å². The number of carbonyl (C=O) groups excluding carboxylic acids is 1. The van der Waals surface area contributed by atoms with Crippen LogP contribution in [0.3, 0.4) is 0 Å². The summed E-state index contributed by atoms with van der Waals surface area (Å²) in [5, 5.41) is 13.2. The number of anilines is 2. The summed E-state index contributed by atoms with van der Waals surface area (Å²) in [6, 6.07) is 0. The van der Waals surface area contributed by atoms with E-state index in [9.17, 15) is 4.79 Å². The first-order valence-corrected chi connectivity index (χ1v) is 6.02. The molecule has 0 atom stereocenters. The first-order valence-electron chi connectivity index (χ1n) is 6.02. The highest BCUT2D eigenvalue weighted by Crippen LogP contribution is 2.22. The van der Waals surface area contributed by atoms with Crippen molar-refractivity contribution in [1.29, 1.82) is 0 Å². The van der Waals surface area contributed by atoms with Gasteiger partial charge in [-0.25, -0.2) is 0 Å². The first-order chi connectivity index (χ1) is 9.15. The Kier molecular flexibility index (Phi) is 3.79. The predicted molar refractivity (Wildman–Crippen MR) is 73.2 cm³/mol. The van der Waals surface area contributed by atoms with Gasteiger partial charge in [0.25, 0.3) is 0 Å². The zero-order valence-electron chi connectivity index (χ0n) is 11.2. The van der Waals surface area contributed by atoms with E-state index >= 15 is 0 Å². The molecule has 0 aliphatic heterocycles. The van der Waals surface area contributed by atoms with Crippen LogP contribution in [0.5, 0.6) is 0 Å². The van der Waals surface area contributed by atoms with Crippen LogP contribution in [-0.2, 0) is 4.79 Å². The summed E-state index contributed by atoms with van der Waals surface area (Å²) in [7, 11) is 3.41. The third-order valence-corrected chi connectivity index (χ3v) is 2.65. The van der Waals surface area contributed by atoms with Crippen molar-refractivity contribution in [2.45, 2.75) is 6.92 Å². The van der Waals surface area contributed by atoms with Gasteiger partial charge in [-0.2, -0.15) is 15.1 Å². The molecule has 0 fully saturated rings. The Morgan fingerprint density at radius 3 is 2.95 bits per heavy atom. The van der Waals surface area contributed by atoms with Crippen molar-refractivity contribution in [3.8, 4) is 0 Å². The van der Waals surface area contributed by atoms with Gasteiger partial charge in [-0.05, 0) is 6.92 Å². The van der Waals surface area contributed by atoms with Gasteiger partial charge < -0.3 is 15.5 Å². The lowest BCUT2D eigenvalue weighted by atomic mass is 10.3. The molecule has 0 saturated heterocycles. The van der Waals surface area contributed by atoms with Crippen molar-refractivity contribution in [2.75, 3.05) is 37.4 Å². The van der Waals surface area contributed by atoms with Crippen molar-refractivity contribution < 1.29 is 4.79 Å². The van der Waals surface area contributed by atoms with Crippen LogP contribution < -0.4 is 15.5 Å². The number of carbonyl (C=O) groups is 1. The van der Waals surface area contributed by atoms with E-state index in [0.717, 1.165) is 11.9 Å². The maximum atomic E-state index is 11.4. The van der Waals surface area contributed by atoms with Crippen LogP contribution in [0.15, 0.2) is 6.20 Å². The van der Waals surface area contributed by atoms with Gasteiger partial charge in [0, 0.05) is 20.6 Å². The lowest BCUT2D eigenvalue weighted by molar-refractivity contribution is -0.119. The Morgan fingerprint density at radius 2 is 2.26 bits per heavy atom. The van der Waals surface area contributed by atoms with Gasteiger partial charge in [0.05, 0.1) is 18.1 Å². The van der Waals surface area contributed by atoms with Gasteiger partial charge in [-0.15, -0.1) is 0 Å². The number of hydrogen-bond donors (Lipinski definition) is 3. The van der Waals surface area contributed by atoms with Gasteiger partial charge in [-0.3, -0.25) is 9.89 Å². The summed E-state index contributed by atoms with van der Waals surface area (Å²) < 4.78 is 0. The monoisotopic (exact) mass is 263 g/mol. The molecule has 102 valence electrons. The Labute approximate surface area is 110 Å². The largest absolute Gasteiger partial charge is 0.358 e. The van der Waals surface area contributed by atoms with Crippen LogP contribution in [0.4, 0.5) is 11.8 Å². The molecule has 0 aliphatic carbocycles. The molecule has 0 spiro atoms. The Hall–Kier alpha value is -2.38. The van der Waals surface area contributed by atoms with E-state index in [2.05, 4.69) is 30.8 Å². The zero-order chi connectivity index (χ0) is 13.8. The van der Waals surface area contributed by atoms with E-state index in [4.69, 9.17) is 0 Å². The van der Waals surface area contributed by atoms with E-state index in [1.807, 2.05) is 6.92 Å². The fraction of sp³-hybridized carbons (Fsp3) is 0.455. The highest BCUT2D eigenvalue weighted by Gasteiger charge is 2.14. The molecule has 0 radical (unpaired) electrons. The predicted octanol–water partition coefficient (Wildman–Crippen LogP) is -0.0331. The first kappa shape index (κ1) is 13.1. The summed E-state index contributed by atoms with van der Waals surface area (Å²) in [5.74, 6) is 1.10. The summed E-state index contributed by atoms with van der Waals surface area (Å²) in [6.07, 6.45) is 1.65. The topological polar surface area (TPSA) is 98.8 Å². The second kappa shape index (κ2) is 5.51. The smallest absolute Gasteiger partial charge is 0.239 e. The van der Waals surface area contributed by atoms with Crippen LogP contribution in [0.1, 0.15) is 6.92 Å². The van der Waals surface area contributed by atoms with E-state index in [1.165, 1.54) is 0 Å². The lowest BCUT2D eigenvalue weighted by Gasteiger charge is -2.18. The van der Waals surface area contributed by atoms with Crippen LogP contribution >= 0.6 is 0 Å². The number of amides is 1. The number of aromatic nitrogens is 4. The molecule has 2 heterocycles. The van der Waals surface area contributed by atoms with Crippen molar-refractivity contribution in [1.82, 2.24) is 25.5 Å². The van der Waals surface area contributed by atoms with E-state index in [-0.39, 0.29) is 12.5 Å². The minimum atomic E-state index is -0.0808. The lowest BCUT2D eigenvalue weighted by Crippen LogP contribution is -2.33. The fourth-order valence-corrected chi connectivity index (χ4v) is 1.72. The number of nitrogens with one attached hydrogen (secondary N) is 3. The second-order valence-corrected chi connectivity index (χ2v) is 4.06. The molecule has 0 aliphatic rings. The molecule has 2 aromatic rings. The highest BCUT2D eigenvalue weighted by atomic mass is 16.1. The van der Waals surface area contributed by atoms with Crippen molar-refractivity contribution in [3.63, 3.8) is 0 Å². The van der Waals surface area contributed by atoms with E-state index in [1.54, 1.807) is 25.2 Å². The minimum absolute atomic E-state index is 0.0808. The SMILES string of the molecule is CCNc1nc(N(C)CC(=O)NC)c2cn[nH]c2n1. The van der Waals surface area contributed by atoms with Crippen LogP contribution in [0.25, 0.3) is 11.0 Å². The fourth-order valence-electron chi connectivity index (χ4n) is 1.72. The summed E-state index contributed by atoms with van der Waals surface area (Å²) >= 11 is 0. The average molecular weight is 263 g/mol. The second-order valence-electron chi connectivity index (χ2n) is 4.06. The molecule has 2 rings (SSSR count). The van der Waals surface area contributed by atoms with Crippen molar-refractivity contribution >= 4 is 28.7 Å². The molecule has 1 amide bonds. The van der Waals surface area contributed by atoms with Gasteiger partial charge in [-0.1, -0.05) is 0 Å². The molecular weight excluding hydrogens is 246 g/mol. The van der Waals surface area contributed by atoms with Gasteiger partial charge in [0.2, 0.25) is 11.9 Å². The van der Waals surface area contributed by atoms with Gasteiger partial charge in [0.15, 0.2) is 5.65 Å². The maximum absolute atomic E-state index is 11.4. The van der Waals surface area contributed by atoms with Crippen LogP contribution in [0.2, 0.25) is 0 Å². The van der Waals surface area contributed by atoms with Crippen molar-refractivity contribution in [2.24, 2.45) is 0 Å². The normalized spacial score (nSPS) is 10.5. The summed E-state index contributed by atoms with van der Waals surface area (Å²) in [5.41, 5.74) is 0.643. The number of rotatable bonds is 5. The number of aromatic amines is 1. The zero-order valence-corrected chi connectivity index (χ0v) is 11.2. The third kappa shape index (κ3) is 2.72. The Balaban J connectivity index is 2.39.